The molecule has 3 rings (SSSR count). The fourth-order valence-corrected chi connectivity index (χ4v) is 9.12. The van der Waals surface area contributed by atoms with Gasteiger partial charge in [0, 0.05) is 54.1 Å². The van der Waals surface area contributed by atoms with Gasteiger partial charge in [0.2, 0.25) is 0 Å². The van der Waals surface area contributed by atoms with Crippen molar-refractivity contribution in [1.82, 2.24) is 31.9 Å². The van der Waals surface area contributed by atoms with E-state index in [1.54, 1.807) is 104 Å². The van der Waals surface area contributed by atoms with Crippen molar-refractivity contribution in [3.05, 3.63) is 0 Å². The van der Waals surface area contributed by atoms with Crippen LogP contribution in [0.4, 0.5) is 24.0 Å². The SMILES string of the molecule is CC(=O)OCC1O[C@H](O[C@@H]2C(OC(C)=O)C(O[C@H]3OC(CNC(=O)OC(C)(C)C)CCC3NC(=O)OC(C)(C)C)[C@H](NC(=O)OC(C)(C)C)C[C@H]2NC(=O)[C@H](CCNC(=O)OC(C)(C)C)OC(C)=O)C(OC(C)=O)[C@@H](NC(=O)OC(C)(C)C)[C@@H]1OC(C)=O. The predicted octanol–water partition coefficient (Wildman–Crippen LogP) is 4.28. The molecule has 502 valence electrons. The van der Waals surface area contributed by atoms with Crippen molar-refractivity contribution in [2.75, 3.05) is 19.7 Å². The molecule has 14 atom stereocenters. The maximum Gasteiger partial charge on any atom is 0.408 e. The van der Waals surface area contributed by atoms with Crippen molar-refractivity contribution in [3.63, 3.8) is 0 Å². The summed E-state index contributed by atoms with van der Waals surface area (Å²) in [7, 11) is 0. The normalized spacial score (nSPS) is 26.1. The van der Waals surface area contributed by atoms with E-state index in [9.17, 15) is 52.7 Å². The zero-order valence-corrected chi connectivity index (χ0v) is 54.2. The van der Waals surface area contributed by atoms with Gasteiger partial charge in [0.25, 0.3) is 5.91 Å². The lowest BCUT2D eigenvalue weighted by atomic mass is 9.82. The van der Waals surface area contributed by atoms with Crippen LogP contribution in [0.1, 0.15) is 164 Å². The molecule has 0 aromatic carbocycles. The third kappa shape index (κ3) is 28.0. The van der Waals surface area contributed by atoms with E-state index in [-0.39, 0.29) is 32.4 Å². The molecule has 2 aliphatic heterocycles. The summed E-state index contributed by atoms with van der Waals surface area (Å²) < 4.78 is 82.8. The van der Waals surface area contributed by atoms with Crippen LogP contribution in [0.5, 0.6) is 0 Å². The maximum absolute atomic E-state index is 14.8. The van der Waals surface area contributed by atoms with Crippen LogP contribution in [0, 0.1) is 0 Å². The van der Waals surface area contributed by atoms with E-state index in [1.807, 2.05) is 0 Å². The van der Waals surface area contributed by atoms with Gasteiger partial charge in [-0.2, -0.15) is 0 Å². The summed E-state index contributed by atoms with van der Waals surface area (Å²) in [6.07, 6.45) is -22.3. The fraction of sp³-hybridized carbons (Fsp3) is 0.807. The summed E-state index contributed by atoms with van der Waals surface area (Å²) >= 11 is 0. The zero-order valence-electron chi connectivity index (χ0n) is 54.2. The number of ether oxygens (including phenoxy) is 14. The number of carbonyl (C=O) groups is 11. The van der Waals surface area contributed by atoms with E-state index in [2.05, 4.69) is 31.9 Å². The molecule has 0 aromatic heterocycles. The Balaban J connectivity index is 2.47. The molecular weight excluding hydrogens is 1170 g/mol. The Morgan fingerprint density at radius 1 is 0.443 bits per heavy atom. The minimum absolute atomic E-state index is 0.0812. The number of rotatable bonds is 20. The highest BCUT2D eigenvalue weighted by molar-refractivity contribution is 5.84. The molecule has 31 heteroatoms. The fourth-order valence-electron chi connectivity index (χ4n) is 9.12. The van der Waals surface area contributed by atoms with Gasteiger partial charge in [-0.05, 0) is 123 Å². The predicted molar refractivity (Wildman–Crippen MR) is 304 cm³/mol. The van der Waals surface area contributed by atoms with E-state index in [4.69, 9.17) is 66.3 Å². The second-order valence-electron chi connectivity index (χ2n) is 26.2. The first kappa shape index (κ1) is 75.3. The molecule has 3 aliphatic rings. The molecule has 88 heavy (non-hydrogen) atoms. The lowest BCUT2D eigenvalue weighted by molar-refractivity contribution is -0.319. The van der Waals surface area contributed by atoms with Crippen LogP contribution in [0.3, 0.4) is 0 Å². The minimum atomic E-state index is -2.05. The first-order chi connectivity index (χ1) is 40.3. The Morgan fingerprint density at radius 2 is 0.875 bits per heavy atom. The summed E-state index contributed by atoms with van der Waals surface area (Å²) in [6, 6.07) is -5.89. The second kappa shape index (κ2) is 32.0. The molecule has 1 aliphatic carbocycles. The average Bonchev–Trinajstić information content (AvgIpc) is 1.62. The van der Waals surface area contributed by atoms with Gasteiger partial charge >= 0.3 is 60.3 Å². The van der Waals surface area contributed by atoms with E-state index >= 15 is 0 Å². The lowest BCUT2D eigenvalue weighted by Crippen LogP contribution is -2.71. The third-order valence-corrected chi connectivity index (χ3v) is 12.0. The topological polar surface area (TPSA) is 389 Å². The molecule has 6 N–H and O–H groups in total. The summed E-state index contributed by atoms with van der Waals surface area (Å²) in [4.78, 5) is 147. The van der Waals surface area contributed by atoms with Gasteiger partial charge in [-0.15, -0.1) is 0 Å². The largest absolute Gasteiger partial charge is 0.463 e. The van der Waals surface area contributed by atoms with Crippen LogP contribution < -0.4 is 31.9 Å². The standard InChI is InChI=1S/C57H94N6O25/c1-28(64)75-27-38-42(77-30(3)66)39(63-52(74)88-57(18,19)20)43(78-31(4)67)47(81-38)83-40-35(60-45(69)37(76-29(2)65)23-24-58-48(70)84-53(6,7)8)25-36(62-51(73)87-56(15,16)17)41(44(40)79-32(5)68)82-46-34(61-50(72)86-55(12,13)14)22-21-33(80-46)26-59-49(71)85-54(9,10)11/h33-44,46-47H,21-27H2,1-20H3,(H,58,70)(H,59,71)(H,60,69)(H,61,72)(H,62,73)(H,63,74)/t33?,34?,35-,36-,37+,38?,39+,40+,41?,42-,43?,44?,46-,47-/m1/s1. The third-order valence-electron chi connectivity index (χ3n) is 12.0. The van der Waals surface area contributed by atoms with E-state index in [0.717, 1.165) is 34.6 Å². The van der Waals surface area contributed by atoms with E-state index in [1.165, 1.54) is 0 Å². The van der Waals surface area contributed by atoms with E-state index < -0.39 is 193 Å². The number of hydrogen-bond donors (Lipinski definition) is 6. The Morgan fingerprint density at radius 3 is 1.35 bits per heavy atom. The van der Waals surface area contributed by atoms with Gasteiger partial charge in [-0.1, -0.05) is 0 Å². The second-order valence-corrected chi connectivity index (χ2v) is 26.2. The van der Waals surface area contributed by atoms with Crippen LogP contribution in [0.15, 0.2) is 0 Å². The Kier molecular flexibility index (Phi) is 27.3. The van der Waals surface area contributed by atoms with Crippen LogP contribution in [0.25, 0.3) is 0 Å². The number of amides is 6. The molecule has 6 unspecified atom stereocenters. The molecular formula is C57H94N6O25. The number of alkyl carbamates (subject to hydrolysis) is 5. The van der Waals surface area contributed by atoms with Crippen molar-refractivity contribution in [1.29, 1.82) is 0 Å². The molecule has 0 spiro atoms. The molecule has 6 amide bonds. The first-order valence-corrected chi connectivity index (χ1v) is 28.9. The number of esters is 5. The van der Waals surface area contributed by atoms with Gasteiger partial charge in [0.1, 0.15) is 59.0 Å². The lowest BCUT2D eigenvalue weighted by Gasteiger charge is -2.50. The van der Waals surface area contributed by atoms with Gasteiger partial charge in [0.05, 0.1) is 24.2 Å². The van der Waals surface area contributed by atoms with Crippen molar-refractivity contribution in [3.8, 4) is 0 Å². The monoisotopic (exact) mass is 1260 g/mol. The van der Waals surface area contributed by atoms with Crippen molar-refractivity contribution >= 4 is 66.2 Å². The quantitative estimate of drug-likeness (QED) is 0.0731. The number of hydrogen-bond acceptors (Lipinski definition) is 25. The average molecular weight is 1260 g/mol. The van der Waals surface area contributed by atoms with Gasteiger partial charge in [0.15, 0.2) is 37.0 Å². The molecule has 2 heterocycles. The Bertz CT molecular complexity index is 2440. The van der Waals surface area contributed by atoms with Crippen molar-refractivity contribution < 1.29 is 119 Å². The molecule has 1 saturated carbocycles. The van der Waals surface area contributed by atoms with Crippen LogP contribution >= 0.6 is 0 Å². The minimum Gasteiger partial charge on any atom is -0.463 e. The van der Waals surface area contributed by atoms with Crippen molar-refractivity contribution in [2.45, 2.75) is 278 Å². The van der Waals surface area contributed by atoms with Crippen LogP contribution in [-0.2, 0) is 95.1 Å². The van der Waals surface area contributed by atoms with Gasteiger partial charge in [-0.3, -0.25) is 28.8 Å². The van der Waals surface area contributed by atoms with Gasteiger partial charge in [-0.25, -0.2) is 24.0 Å². The first-order valence-electron chi connectivity index (χ1n) is 28.9. The molecule has 3 fully saturated rings. The van der Waals surface area contributed by atoms with Crippen LogP contribution in [-0.4, -0.2) is 200 Å². The Hall–Kier alpha value is -6.99. The van der Waals surface area contributed by atoms with Crippen molar-refractivity contribution in [2.24, 2.45) is 0 Å². The van der Waals surface area contributed by atoms with Crippen LogP contribution in [0.2, 0.25) is 0 Å². The summed E-state index contributed by atoms with van der Waals surface area (Å²) in [5, 5.41) is 16.0. The highest BCUT2D eigenvalue weighted by Gasteiger charge is 2.57. The molecule has 0 bridgehead atoms. The smallest absolute Gasteiger partial charge is 0.408 e. The molecule has 0 radical (unpaired) electrons. The molecule has 31 nitrogen and oxygen atoms in total. The highest BCUT2D eigenvalue weighted by atomic mass is 16.7. The zero-order chi connectivity index (χ0) is 67.0. The highest BCUT2D eigenvalue weighted by Crippen LogP contribution is 2.37. The number of nitrogens with one attached hydrogen (secondary N) is 6. The molecule has 2 saturated heterocycles. The summed E-state index contributed by atoms with van der Waals surface area (Å²) in [5.74, 6) is -5.84. The van der Waals surface area contributed by atoms with E-state index in [0.29, 0.717) is 0 Å². The Labute approximate surface area is 513 Å². The van der Waals surface area contributed by atoms with Gasteiger partial charge < -0.3 is 98.2 Å². The summed E-state index contributed by atoms with van der Waals surface area (Å²) in [5.41, 5.74) is -5.09. The maximum atomic E-state index is 14.8. The summed E-state index contributed by atoms with van der Waals surface area (Å²) in [6.45, 7) is 28.1. The molecule has 0 aromatic rings. The number of carbonyl (C=O) groups excluding carboxylic acids is 11.